The Labute approximate surface area is 201 Å². The van der Waals surface area contributed by atoms with Crippen LogP contribution < -0.4 is 15.0 Å². The number of halogens is 3. The summed E-state index contributed by atoms with van der Waals surface area (Å²) in [5.41, 5.74) is 1.20. The SMILES string of the molecule is O=C1NC(=O)N(c2ccc(Cl)cc2)C(=O)/C1=C/c1cc(Br)ccc1OCc1ccc(F)cc1. The van der Waals surface area contributed by atoms with Crippen LogP contribution >= 0.6 is 27.5 Å². The van der Waals surface area contributed by atoms with E-state index >= 15 is 0 Å². The van der Waals surface area contributed by atoms with Gasteiger partial charge in [0.25, 0.3) is 11.8 Å². The molecule has 0 radical (unpaired) electrons. The van der Waals surface area contributed by atoms with Gasteiger partial charge >= 0.3 is 6.03 Å². The molecule has 1 aliphatic heterocycles. The van der Waals surface area contributed by atoms with Crippen molar-refractivity contribution < 1.29 is 23.5 Å². The number of barbiturate groups is 1. The Morgan fingerprint density at radius 2 is 1.70 bits per heavy atom. The lowest BCUT2D eigenvalue weighted by molar-refractivity contribution is -0.122. The van der Waals surface area contributed by atoms with Gasteiger partial charge in [-0.15, -0.1) is 0 Å². The third-order valence-corrected chi connectivity index (χ3v) is 5.51. The summed E-state index contributed by atoms with van der Waals surface area (Å²) in [6.45, 7) is 0.146. The van der Waals surface area contributed by atoms with Crippen LogP contribution in [-0.2, 0) is 16.2 Å². The Hall–Kier alpha value is -3.49. The van der Waals surface area contributed by atoms with Crippen LogP contribution in [0.3, 0.4) is 0 Å². The van der Waals surface area contributed by atoms with Crippen molar-refractivity contribution in [3.05, 3.63) is 98.7 Å². The fourth-order valence-electron chi connectivity index (χ4n) is 3.14. The molecule has 0 atom stereocenters. The van der Waals surface area contributed by atoms with Crippen LogP contribution in [0.5, 0.6) is 5.75 Å². The monoisotopic (exact) mass is 528 g/mol. The van der Waals surface area contributed by atoms with E-state index in [9.17, 15) is 18.8 Å². The van der Waals surface area contributed by atoms with E-state index in [0.29, 0.717) is 20.8 Å². The molecule has 1 fully saturated rings. The maximum absolute atomic E-state index is 13.1. The summed E-state index contributed by atoms with van der Waals surface area (Å²) in [4.78, 5) is 38.8. The van der Waals surface area contributed by atoms with Gasteiger partial charge < -0.3 is 4.74 Å². The zero-order chi connectivity index (χ0) is 23.5. The molecule has 166 valence electrons. The van der Waals surface area contributed by atoms with Gasteiger partial charge in [-0.3, -0.25) is 14.9 Å². The first kappa shape index (κ1) is 22.7. The maximum Gasteiger partial charge on any atom is 0.335 e. The van der Waals surface area contributed by atoms with Crippen molar-refractivity contribution in [3.8, 4) is 5.75 Å². The number of hydrogen-bond acceptors (Lipinski definition) is 4. The average Bonchev–Trinajstić information content (AvgIpc) is 2.78. The summed E-state index contributed by atoms with van der Waals surface area (Å²) in [7, 11) is 0. The molecular formula is C24H15BrClFN2O4. The number of imide groups is 2. The molecule has 0 spiro atoms. The number of carbonyl (C=O) groups is 3. The minimum absolute atomic E-state index is 0.146. The summed E-state index contributed by atoms with van der Waals surface area (Å²) in [5, 5.41) is 2.62. The van der Waals surface area contributed by atoms with Crippen LogP contribution in [0.4, 0.5) is 14.9 Å². The number of hydrogen-bond donors (Lipinski definition) is 1. The van der Waals surface area contributed by atoms with Gasteiger partial charge in [-0.25, -0.2) is 14.1 Å². The number of benzene rings is 3. The lowest BCUT2D eigenvalue weighted by Crippen LogP contribution is -2.54. The molecule has 9 heteroatoms. The van der Waals surface area contributed by atoms with E-state index in [1.807, 2.05) is 0 Å². The minimum atomic E-state index is -0.855. The summed E-state index contributed by atoms with van der Waals surface area (Å²) < 4.78 is 19.7. The summed E-state index contributed by atoms with van der Waals surface area (Å²) in [5.74, 6) is -1.56. The molecule has 1 aliphatic rings. The zero-order valence-corrected chi connectivity index (χ0v) is 19.2. The van der Waals surface area contributed by atoms with E-state index in [1.165, 1.54) is 42.5 Å². The van der Waals surface area contributed by atoms with Crippen LogP contribution in [0, 0.1) is 5.82 Å². The fourth-order valence-corrected chi connectivity index (χ4v) is 3.65. The Morgan fingerprint density at radius 3 is 2.39 bits per heavy atom. The second kappa shape index (κ2) is 9.56. The van der Waals surface area contributed by atoms with Crippen molar-refractivity contribution >= 4 is 57.1 Å². The highest BCUT2D eigenvalue weighted by Gasteiger charge is 2.37. The zero-order valence-electron chi connectivity index (χ0n) is 16.8. The number of ether oxygens (including phenoxy) is 1. The van der Waals surface area contributed by atoms with E-state index in [4.69, 9.17) is 16.3 Å². The van der Waals surface area contributed by atoms with Gasteiger partial charge in [0.1, 0.15) is 23.7 Å². The molecule has 6 nitrogen and oxygen atoms in total. The molecule has 0 unspecified atom stereocenters. The predicted molar refractivity (Wildman–Crippen MR) is 125 cm³/mol. The highest BCUT2D eigenvalue weighted by Crippen LogP contribution is 2.29. The van der Waals surface area contributed by atoms with Crippen LogP contribution in [0.15, 0.2) is 76.8 Å². The van der Waals surface area contributed by atoms with Gasteiger partial charge in [0, 0.05) is 15.1 Å². The topological polar surface area (TPSA) is 75.7 Å². The molecule has 0 saturated carbocycles. The van der Waals surface area contributed by atoms with E-state index in [0.717, 1.165) is 10.5 Å². The standard InChI is InChI=1S/C24H15BrClFN2O4/c25-16-3-10-21(33-13-14-1-6-18(27)7-2-14)15(11-16)12-20-22(30)28-24(32)29(23(20)31)19-8-4-17(26)5-9-19/h1-12H,13H2,(H,28,30,32)/b20-12+. The van der Waals surface area contributed by atoms with Gasteiger partial charge in [-0.05, 0) is 66.2 Å². The smallest absolute Gasteiger partial charge is 0.335 e. The first-order valence-corrected chi connectivity index (χ1v) is 10.8. The summed E-state index contributed by atoms with van der Waals surface area (Å²) in [6.07, 6.45) is 1.36. The lowest BCUT2D eigenvalue weighted by Gasteiger charge is -2.26. The Morgan fingerprint density at radius 1 is 1.00 bits per heavy atom. The number of nitrogens with one attached hydrogen (secondary N) is 1. The number of carbonyl (C=O) groups excluding carboxylic acids is 3. The second-order valence-corrected chi connectivity index (χ2v) is 8.38. The van der Waals surface area contributed by atoms with Crippen molar-refractivity contribution in [3.63, 3.8) is 0 Å². The van der Waals surface area contributed by atoms with Crippen molar-refractivity contribution in [2.75, 3.05) is 4.90 Å². The third kappa shape index (κ3) is 5.13. The Bertz CT molecular complexity index is 1280. The molecule has 4 rings (SSSR count). The molecule has 3 aromatic carbocycles. The van der Waals surface area contributed by atoms with Gasteiger partial charge in [0.2, 0.25) is 0 Å². The number of amides is 4. The van der Waals surface area contributed by atoms with Gasteiger partial charge in [0.05, 0.1) is 5.69 Å². The third-order valence-electron chi connectivity index (χ3n) is 4.77. The number of urea groups is 1. The van der Waals surface area contributed by atoms with E-state index < -0.39 is 17.8 Å². The van der Waals surface area contributed by atoms with Crippen LogP contribution in [0.1, 0.15) is 11.1 Å². The van der Waals surface area contributed by atoms with E-state index in [1.54, 1.807) is 30.3 Å². The quantitative estimate of drug-likeness (QED) is 0.350. The van der Waals surface area contributed by atoms with E-state index in [2.05, 4.69) is 21.2 Å². The number of anilines is 1. The van der Waals surface area contributed by atoms with Crippen molar-refractivity contribution in [2.45, 2.75) is 6.61 Å². The fraction of sp³-hybridized carbons (Fsp3) is 0.0417. The van der Waals surface area contributed by atoms with Gasteiger partial charge in [-0.2, -0.15) is 0 Å². The predicted octanol–water partition coefficient (Wildman–Crippen LogP) is 5.49. The molecule has 0 aromatic heterocycles. The van der Waals surface area contributed by atoms with E-state index in [-0.39, 0.29) is 23.7 Å². The van der Waals surface area contributed by atoms with Crippen LogP contribution in [-0.4, -0.2) is 17.8 Å². The molecule has 3 aromatic rings. The first-order valence-electron chi connectivity index (χ1n) is 9.65. The number of rotatable bonds is 5. The molecule has 1 heterocycles. The molecule has 0 bridgehead atoms. The van der Waals surface area contributed by atoms with Crippen LogP contribution in [0.2, 0.25) is 5.02 Å². The van der Waals surface area contributed by atoms with Gasteiger partial charge in [0.15, 0.2) is 0 Å². The summed E-state index contributed by atoms with van der Waals surface area (Å²) in [6, 6.07) is 16.2. The van der Waals surface area contributed by atoms with Crippen LogP contribution in [0.25, 0.3) is 6.08 Å². The molecule has 1 N–H and O–H groups in total. The Balaban J connectivity index is 1.66. The van der Waals surface area contributed by atoms with Crippen molar-refractivity contribution in [1.29, 1.82) is 0 Å². The normalized spacial score (nSPS) is 15.1. The molecule has 33 heavy (non-hydrogen) atoms. The molecule has 4 amide bonds. The largest absolute Gasteiger partial charge is 0.488 e. The first-order chi connectivity index (χ1) is 15.8. The van der Waals surface area contributed by atoms with Gasteiger partial charge in [-0.1, -0.05) is 39.7 Å². The minimum Gasteiger partial charge on any atom is -0.488 e. The second-order valence-electron chi connectivity index (χ2n) is 7.03. The number of nitrogens with zero attached hydrogens (tertiary/aromatic N) is 1. The van der Waals surface area contributed by atoms with Crippen molar-refractivity contribution in [1.82, 2.24) is 5.32 Å². The maximum atomic E-state index is 13.1. The highest BCUT2D eigenvalue weighted by molar-refractivity contribution is 9.10. The highest BCUT2D eigenvalue weighted by atomic mass is 79.9. The molecular weight excluding hydrogens is 515 g/mol. The Kier molecular flexibility index (Phi) is 6.57. The van der Waals surface area contributed by atoms with Crippen molar-refractivity contribution in [2.24, 2.45) is 0 Å². The lowest BCUT2D eigenvalue weighted by atomic mass is 10.1. The average molecular weight is 530 g/mol. The summed E-state index contributed by atoms with van der Waals surface area (Å²) >= 11 is 9.26. The molecule has 1 saturated heterocycles. The molecule has 0 aliphatic carbocycles.